The molecule has 18 heavy (non-hydrogen) atoms. The van der Waals surface area contributed by atoms with Crippen molar-refractivity contribution >= 4 is 23.2 Å². The normalized spacial score (nSPS) is 23.6. The molecule has 0 heterocycles. The topological polar surface area (TPSA) is 0 Å². The number of benzene rings is 1. The van der Waals surface area contributed by atoms with Crippen molar-refractivity contribution in [1.82, 2.24) is 0 Å². The molecular formula is C15H17Cl2F. The highest BCUT2D eigenvalue weighted by molar-refractivity contribution is 6.35. The fourth-order valence-electron chi connectivity index (χ4n) is 2.51. The summed E-state index contributed by atoms with van der Waals surface area (Å²) in [4.78, 5) is 0. The van der Waals surface area contributed by atoms with Crippen LogP contribution in [0.1, 0.15) is 39.2 Å². The van der Waals surface area contributed by atoms with Crippen LogP contribution in [0.5, 0.6) is 0 Å². The van der Waals surface area contributed by atoms with Crippen molar-refractivity contribution in [2.45, 2.75) is 39.0 Å². The first-order chi connectivity index (χ1) is 8.33. The van der Waals surface area contributed by atoms with Crippen LogP contribution in [0, 0.1) is 11.7 Å². The summed E-state index contributed by atoms with van der Waals surface area (Å²) in [5.41, 5.74) is 2.46. The van der Waals surface area contributed by atoms with Crippen molar-refractivity contribution in [1.29, 1.82) is 0 Å². The molecule has 2 rings (SSSR count). The quantitative estimate of drug-likeness (QED) is 0.478. The Bertz CT molecular complexity index is 482. The zero-order chi connectivity index (χ0) is 13.5. The fourth-order valence-corrected chi connectivity index (χ4v) is 3.00. The van der Waals surface area contributed by atoms with Crippen LogP contribution in [0.3, 0.4) is 0 Å². The summed E-state index contributed by atoms with van der Waals surface area (Å²) >= 11 is 11.8. The van der Waals surface area contributed by atoms with Crippen molar-refractivity contribution in [3.8, 4) is 0 Å². The summed E-state index contributed by atoms with van der Waals surface area (Å²) in [6.07, 6.45) is 4.23. The highest BCUT2D eigenvalue weighted by atomic mass is 35.5. The molecule has 98 valence electrons. The third kappa shape index (κ3) is 2.44. The minimum Gasteiger partial charge on any atom is -0.204 e. The molecule has 1 unspecified atom stereocenters. The summed E-state index contributed by atoms with van der Waals surface area (Å²) in [5, 5.41) is 0.216. The lowest BCUT2D eigenvalue weighted by atomic mass is 9.78. The van der Waals surface area contributed by atoms with Crippen LogP contribution >= 0.6 is 23.2 Å². The number of hydrogen-bond acceptors (Lipinski definition) is 0. The van der Waals surface area contributed by atoms with Gasteiger partial charge in [0, 0.05) is 0 Å². The Hall–Kier alpha value is -0.530. The molecular weight excluding hydrogens is 270 g/mol. The van der Waals surface area contributed by atoms with Crippen LogP contribution in [0.15, 0.2) is 23.8 Å². The van der Waals surface area contributed by atoms with E-state index >= 15 is 0 Å². The lowest BCUT2D eigenvalue weighted by Crippen LogP contribution is -2.19. The predicted molar refractivity (Wildman–Crippen MR) is 75.9 cm³/mol. The number of rotatable bonds is 2. The van der Waals surface area contributed by atoms with E-state index < -0.39 is 5.82 Å². The van der Waals surface area contributed by atoms with Gasteiger partial charge in [-0.05, 0) is 41.9 Å². The summed E-state index contributed by atoms with van der Waals surface area (Å²) in [5.74, 6) is 0.0268. The van der Waals surface area contributed by atoms with E-state index in [2.05, 4.69) is 26.8 Å². The average molecular weight is 287 g/mol. The first-order valence-electron chi connectivity index (χ1n) is 6.17. The number of allylic oxidation sites excluding steroid dienone is 2. The largest absolute Gasteiger partial charge is 0.204 e. The highest BCUT2D eigenvalue weighted by Gasteiger charge is 2.33. The van der Waals surface area contributed by atoms with E-state index in [1.807, 2.05) is 0 Å². The van der Waals surface area contributed by atoms with Gasteiger partial charge in [-0.1, -0.05) is 55.6 Å². The summed E-state index contributed by atoms with van der Waals surface area (Å²) in [7, 11) is 0. The van der Waals surface area contributed by atoms with E-state index in [9.17, 15) is 4.39 Å². The molecule has 0 radical (unpaired) electrons. The summed E-state index contributed by atoms with van der Waals surface area (Å²) < 4.78 is 13.5. The Morgan fingerprint density at radius 3 is 2.22 bits per heavy atom. The van der Waals surface area contributed by atoms with Gasteiger partial charge in [-0.3, -0.25) is 0 Å². The zero-order valence-corrected chi connectivity index (χ0v) is 12.4. The molecule has 0 nitrogen and oxygen atoms in total. The van der Waals surface area contributed by atoms with Gasteiger partial charge in [0.05, 0.1) is 10.0 Å². The molecule has 3 heteroatoms. The van der Waals surface area contributed by atoms with Gasteiger partial charge >= 0.3 is 0 Å². The Labute approximate surface area is 118 Å². The van der Waals surface area contributed by atoms with Crippen LogP contribution in [-0.4, -0.2) is 0 Å². The smallest absolute Gasteiger partial charge is 0.160 e. The third-order valence-corrected chi connectivity index (χ3v) is 4.38. The molecule has 1 aromatic carbocycles. The molecule has 1 atom stereocenters. The second-order valence-electron chi connectivity index (χ2n) is 5.63. The molecule has 0 fully saturated rings. The minimum atomic E-state index is -0.527. The molecule has 0 amide bonds. The molecule has 0 saturated carbocycles. The number of halogens is 3. The van der Waals surface area contributed by atoms with Gasteiger partial charge in [-0.2, -0.15) is 0 Å². The van der Waals surface area contributed by atoms with E-state index in [-0.39, 0.29) is 15.5 Å². The van der Waals surface area contributed by atoms with Gasteiger partial charge < -0.3 is 0 Å². The molecule has 0 bridgehead atoms. The van der Waals surface area contributed by atoms with Crippen molar-refractivity contribution < 1.29 is 4.39 Å². The van der Waals surface area contributed by atoms with Crippen LogP contribution in [0.2, 0.25) is 10.0 Å². The molecule has 0 aliphatic heterocycles. The molecule has 1 aliphatic carbocycles. The monoisotopic (exact) mass is 286 g/mol. The van der Waals surface area contributed by atoms with E-state index in [1.165, 1.54) is 5.57 Å². The molecule has 0 N–H and O–H groups in total. The van der Waals surface area contributed by atoms with Gasteiger partial charge in [0.1, 0.15) is 0 Å². The zero-order valence-electron chi connectivity index (χ0n) is 10.9. The predicted octanol–water partition coefficient (Wildman–Crippen LogP) is 5.77. The SMILES string of the molecule is CC(C)C1=CCC(C)(c2cc(Cl)c(F)c(Cl)c2)C1. The maximum atomic E-state index is 13.5. The van der Waals surface area contributed by atoms with Crippen LogP contribution in [0.25, 0.3) is 0 Å². The second kappa shape index (κ2) is 4.86. The fraction of sp³-hybridized carbons (Fsp3) is 0.467. The Morgan fingerprint density at radius 2 is 1.78 bits per heavy atom. The minimum absolute atomic E-state index is 0.0133. The highest BCUT2D eigenvalue weighted by Crippen LogP contribution is 2.44. The standard InChI is InChI=1S/C15H17Cl2F/c1-9(2)10-4-5-15(3,8-10)11-6-12(16)14(18)13(17)7-11/h4,6-7,9H,5,8H2,1-3H3. The maximum Gasteiger partial charge on any atom is 0.160 e. The third-order valence-electron chi connectivity index (χ3n) is 3.83. The molecule has 0 spiro atoms. The van der Waals surface area contributed by atoms with Gasteiger partial charge in [0.2, 0.25) is 0 Å². The van der Waals surface area contributed by atoms with Crippen LogP contribution in [-0.2, 0) is 5.41 Å². The van der Waals surface area contributed by atoms with Crippen LogP contribution < -0.4 is 0 Å². The molecule has 1 aliphatic rings. The van der Waals surface area contributed by atoms with Crippen molar-refractivity contribution in [3.63, 3.8) is 0 Å². The molecule has 0 saturated heterocycles. The average Bonchev–Trinajstić information content (AvgIpc) is 2.69. The van der Waals surface area contributed by atoms with Crippen LogP contribution in [0.4, 0.5) is 4.39 Å². The van der Waals surface area contributed by atoms with Crippen molar-refractivity contribution in [3.05, 3.63) is 45.2 Å². The van der Waals surface area contributed by atoms with Gasteiger partial charge in [0.15, 0.2) is 5.82 Å². The Balaban J connectivity index is 2.34. The van der Waals surface area contributed by atoms with Gasteiger partial charge in [0.25, 0.3) is 0 Å². The second-order valence-corrected chi connectivity index (χ2v) is 6.44. The van der Waals surface area contributed by atoms with E-state index in [0.717, 1.165) is 18.4 Å². The van der Waals surface area contributed by atoms with Crippen molar-refractivity contribution in [2.24, 2.45) is 5.92 Å². The molecule has 0 aromatic heterocycles. The summed E-state index contributed by atoms with van der Waals surface area (Å²) in [6, 6.07) is 3.42. The number of hydrogen-bond donors (Lipinski definition) is 0. The molecule has 1 aromatic rings. The lowest BCUT2D eigenvalue weighted by Gasteiger charge is -2.26. The van der Waals surface area contributed by atoms with E-state index in [0.29, 0.717) is 5.92 Å². The Morgan fingerprint density at radius 1 is 1.22 bits per heavy atom. The van der Waals surface area contributed by atoms with Gasteiger partial charge in [-0.25, -0.2) is 4.39 Å². The first kappa shape index (κ1) is 13.9. The Kier molecular flexibility index (Phi) is 3.75. The van der Waals surface area contributed by atoms with Gasteiger partial charge in [-0.15, -0.1) is 0 Å². The maximum absolute atomic E-state index is 13.5. The van der Waals surface area contributed by atoms with Crippen molar-refractivity contribution in [2.75, 3.05) is 0 Å². The first-order valence-corrected chi connectivity index (χ1v) is 6.93. The van der Waals surface area contributed by atoms with E-state index in [4.69, 9.17) is 23.2 Å². The summed E-state index contributed by atoms with van der Waals surface area (Å²) in [6.45, 7) is 6.57. The van der Waals surface area contributed by atoms with E-state index in [1.54, 1.807) is 12.1 Å². The lowest BCUT2D eigenvalue weighted by molar-refractivity contribution is 0.489.